The quantitative estimate of drug-likeness (QED) is 0.605. The Labute approximate surface area is 135 Å². The standard InChI is InChI=1S/C14H21NO4S2/c1-7(16)15-11(18)5-8(13(15)19)10(20)6-9(17)12(21)14(2,3)4/h8,10,12,20-21H,5-6H2,1-4H3. The first-order valence-corrected chi connectivity index (χ1v) is 7.76. The fraction of sp³-hybridized carbons (Fsp3) is 0.714. The largest absolute Gasteiger partial charge is 0.298 e. The van der Waals surface area contributed by atoms with Crippen molar-refractivity contribution in [3.8, 4) is 0 Å². The molecule has 0 bridgehead atoms. The third kappa shape index (κ3) is 4.10. The van der Waals surface area contributed by atoms with Crippen LogP contribution in [0.25, 0.3) is 0 Å². The number of carbonyl (C=O) groups is 4. The van der Waals surface area contributed by atoms with Crippen LogP contribution in [0.4, 0.5) is 0 Å². The summed E-state index contributed by atoms with van der Waals surface area (Å²) in [5.41, 5.74) is -0.297. The first-order chi connectivity index (χ1) is 9.46. The van der Waals surface area contributed by atoms with Gasteiger partial charge in [0, 0.05) is 25.0 Å². The van der Waals surface area contributed by atoms with Gasteiger partial charge in [-0.2, -0.15) is 25.3 Å². The molecule has 0 aromatic rings. The average molecular weight is 331 g/mol. The van der Waals surface area contributed by atoms with Crippen LogP contribution in [0.1, 0.15) is 40.5 Å². The van der Waals surface area contributed by atoms with Crippen LogP contribution in [-0.2, 0) is 19.2 Å². The van der Waals surface area contributed by atoms with E-state index in [1.807, 2.05) is 20.8 Å². The molecule has 1 fully saturated rings. The van der Waals surface area contributed by atoms with Gasteiger partial charge in [0.2, 0.25) is 17.7 Å². The number of rotatable bonds is 4. The lowest BCUT2D eigenvalue weighted by atomic mass is 9.86. The van der Waals surface area contributed by atoms with Crippen LogP contribution in [0, 0.1) is 11.3 Å². The summed E-state index contributed by atoms with van der Waals surface area (Å²) in [6, 6.07) is 0. The van der Waals surface area contributed by atoms with Gasteiger partial charge in [-0.3, -0.25) is 19.2 Å². The zero-order valence-corrected chi connectivity index (χ0v) is 14.4. The molecule has 5 nitrogen and oxygen atoms in total. The Morgan fingerprint density at radius 1 is 1.29 bits per heavy atom. The SMILES string of the molecule is CC(=O)N1C(=O)CC(C(S)CC(=O)C(S)C(C)(C)C)C1=O. The average Bonchev–Trinajstić information content (AvgIpc) is 2.62. The molecule has 1 saturated heterocycles. The zero-order chi connectivity index (χ0) is 16.5. The summed E-state index contributed by atoms with van der Waals surface area (Å²) in [7, 11) is 0. The second-order valence-electron chi connectivity index (χ2n) is 6.40. The molecule has 0 saturated carbocycles. The van der Waals surface area contributed by atoms with Gasteiger partial charge in [0.25, 0.3) is 0 Å². The van der Waals surface area contributed by atoms with Crippen LogP contribution in [0.2, 0.25) is 0 Å². The summed E-state index contributed by atoms with van der Waals surface area (Å²) >= 11 is 8.61. The molecule has 0 aliphatic carbocycles. The van der Waals surface area contributed by atoms with Crippen LogP contribution >= 0.6 is 25.3 Å². The Morgan fingerprint density at radius 2 is 1.81 bits per heavy atom. The summed E-state index contributed by atoms with van der Waals surface area (Å²) in [5, 5.41) is -1.06. The van der Waals surface area contributed by atoms with Crippen molar-refractivity contribution in [1.82, 2.24) is 4.90 Å². The zero-order valence-electron chi connectivity index (χ0n) is 12.6. The first kappa shape index (κ1) is 18.2. The molecule has 21 heavy (non-hydrogen) atoms. The van der Waals surface area contributed by atoms with Gasteiger partial charge in [-0.15, -0.1) is 0 Å². The summed E-state index contributed by atoms with van der Waals surface area (Å²) in [6.45, 7) is 6.87. The van der Waals surface area contributed by atoms with E-state index in [4.69, 9.17) is 0 Å². The highest BCUT2D eigenvalue weighted by molar-refractivity contribution is 7.82. The molecule has 3 atom stereocenters. The van der Waals surface area contributed by atoms with E-state index in [2.05, 4.69) is 25.3 Å². The molecule has 1 aliphatic rings. The highest BCUT2D eigenvalue weighted by atomic mass is 32.1. The van der Waals surface area contributed by atoms with Crippen LogP contribution in [-0.4, -0.2) is 38.9 Å². The van der Waals surface area contributed by atoms with Crippen molar-refractivity contribution in [3.63, 3.8) is 0 Å². The number of thiol groups is 2. The number of imide groups is 3. The molecule has 3 unspecified atom stereocenters. The summed E-state index contributed by atoms with van der Waals surface area (Å²) < 4.78 is 0. The Balaban J connectivity index is 2.76. The van der Waals surface area contributed by atoms with Crippen LogP contribution in [0.5, 0.6) is 0 Å². The monoisotopic (exact) mass is 331 g/mol. The van der Waals surface area contributed by atoms with E-state index in [-0.39, 0.29) is 24.0 Å². The van der Waals surface area contributed by atoms with E-state index in [1.54, 1.807) is 0 Å². The van der Waals surface area contributed by atoms with E-state index in [1.165, 1.54) is 6.92 Å². The van der Waals surface area contributed by atoms with Crippen molar-refractivity contribution in [2.75, 3.05) is 0 Å². The number of amides is 3. The third-order valence-corrected chi connectivity index (χ3v) is 5.10. The molecule has 3 amide bonds. The molecule has 7 heteroatoms. The lowest BCUT2D eigenvalue weighted by Crippen LogP contribution is -2.37. The molecule has 1 heterocycles. The highest BCUT2D eigenvalue weighted by Crippen LogP contribution is 2.31. The number of ketones is 1. The van der Waals surface area contributed by atoms with E-state index >= 15 is 0 Å². The first-order valence-electron chi connectivity index (χ1n) is 6.73. The number of carbonyl (C=O) groups excluding carboxylic acids is 4. The van der Waals surface area contributed by atoms with Gasteiger partial charge in [0.05, 0.1) is 11.2 Å². The van der Waals surface area contributed by atoms with E-state index < -0.39 is 34.1 Å². The second-order valence-corrected chi connectivity index (χ2v) is 7.58. The Morgan fingerprint density at radius 3 is 2.19 bits per heavy atom. The Kier molecular flexibility index (Phi) is 5.66. The molecular weight excluding hydrogens is 310 g/mol. The lowest BCUT2D eigenvalue weighted by Gasteiger charge is -2.26. The van der Waals surface area contributed by atoms with Gasteiger partial charge in [-0.05, 0) is 5.41 Å². The van der Waals surface area contributed by atoms with Gasteiger partial charge in [-0.1, -0.05) is 20.8 Å². The molecule has 0 radical (unpaired) electrons. The number of nitrogens with zero attached hydrogens (tertiary/aromatic N) is 1. The summed E-state index contributed by atoms with van der Waals surface area (Å²) in [5.74, 6) is -2.53. The minimum absolute atomic E-state index is 0.0456. The van der Waals surface area contributed by atoms with Crippen molar-refractivity contribution in [1.29, 1.82) is 0 Å². The van der Waals surface area contributed by atoms with Crippen LogP contribution in [0.15, 0.2) is 0 Å². The fourth-order valence-corrected chi connectivity index (χ4v) is 2.75. The topological polar surface area (TPSA) is 71.5 Å². The van der Waals surface area contributed by atoms with Gasteiger partial charge < -0.3 is 0 Å². The molecule has 0 aromatic carbocycles. The van der Waals surface area contributed by atoms with Gasteiger partial charge in [0.15, 0.2) is 0 Å². The number of likely N-dealkylation sites (tertiary alicyclic amines) is 1. The van der Waals surface area contributed by atoms with Gasteiger partial charge in [0.1, 0.15) is 5.78 Å². The number of hydrogen-bond donors (Lipinski definition) is 2. The van der Waals surface area contributed by atoms with Crippen molar-refractivity contribution < 1.29 is 19.2 Å². The molecule has 0 spiro atoms. The summed E-state index contributed by atoms with van der Waals surface area (Å²) in [4.78, 5) is 47.8. The predicted molar refractivity (Wildman–Crippen MR) is 85.3 cm³/mol. The van der Waals surface area contributed by atoms with Crippen LogP contribution in [0.3, 0.4) is 0 Å². The van der Waals surface area contributed by atoms with E-state index in [0.717, 1.165) is 0 Å². The van der Waals surface area contributed by atoms with Gasteiger partial charge >= 0.3 is 0 Å². The lowest BCUT2D eigenvalue weighted by molar-refractivity contribution is -0.148. The molecule has 1 aliphatic heterocycles. The van der Waals surface area contributed by atoms with Crippen LogP contribution < -0.4 is 0 Å². The molecule has 118 valence electrons. The molecule has 0 aromatic heterocycles. The van der Waals surface area contributed by atoms with Crippen molar-refractivity contribution in [3.05, 3.63) is 0 Å². The third-order valence-electron chi connectivity index (χ3n) is 3.50. The van der Waals surface area contributed by atoms with Gasteiger partial charge in [-0.25, -0.2) is 4.90 Å². The van der Waals surface area contributed by atoms with Crippen molar-refractivity contribution >= 4 is 48.8 Å². The fourth-order valence-electron chi connectivity index (χ4n) is 2.23. The second kappa shape index (κ2) is 6.52. The normalized spacial score (nSPS) is 22.4. The minimum Gasteiger partial charge on any atom is -0.298 e. The van der Waals surface area contributed by atoms with Crippen molar-refractivity contribution in [2.24, 2.45) is 11.3 Å². The van der Waals surface area contributed by atoms with Crippen molar-refractivity contribution in [2.45, 2.75) is 51.0 Å². The van der Waals surface area contributed by atoms with E-state index in [9.17, 15) is 19.2 Å². The Bertz CT molecular complexity index is 484. The minimum atomic E-state index is -0.728. The molecular formula is C14H21NO4S2. The number of hydrogen-bond acceptors (Lipinski definition) is 6. The molecule has 0 N–H and O–H groups in total. The smallest absolute Gasteiger partial charge is 0.240 e. The highest BCUT2D eigenvalue weighted by Gasteiger charge is 2.44. The maximum atomic E-state index is 12.2. The maximum absolute atomic E-state index is 12.2. The van der Waals surface area contributed by atoms with E-state index in [0.29, 0.717) is 4.90 Å². The summed E-state index contributed by atoms with van der Waals surface area (Å²) in [6.07, 6.45) is -0.0312. The Hall–Kier alpha value is -0.820. The number of Topliss-reactive ketones (excluding diaryl/α,β-unsaturated/α-hetero) is 1. The maximum Gasteiger partial charge on any atom is 0.240 e. The predicted octanol–water partition coefficient (Wildman–Crippen LogP) is 1.51. The molecule has 1 rings (SSSR count).